The van der Waals surface area contributed by atoms with E-state index in [0.717, 1.165) is 13.0 Å². The fraction of sp³-hybridized carbons (Fsp3) is 0.267. The number of halogens is 1. The molecule has 1 N–H and O–H groups in total. The normalized spacial score (nSPS) is 10.4. The number of aromatic nitrogens is 1. The summed E-state index contributed by atoms with van der Waals surface area (Å²) in [5.41, 5.74) is 1.82. The highest BCUT2D eigenvalue weighted by molar-refractivity contribution is 5.28. The molecule has 0 spiro atoms. The lowest BCUT2D eigenvalue weighted by atomic mass is 10.2. The van der Waals surface area contributed by atoms with Crippen LogP contribution in [0.4, 0.5) is 4.39 Å². The van der Waals surface area contributed by atoms with Gasteiger partial charge in [0.15, 0.2) is 0 Å². The number of nitrogens with one attached hydrogen (secondary N) is 1. The van der Waals surface area contributed by atoms with Crippen molar-refractivity contribution in [2.75, 3.05) is 13.7 Å². The van der Waals surface area contributed by atoms with Gasteiger partial charge in [0.05, 0.1) is 7.11 Å². The molecule has 1 aromatic heterocycles. The van der Waals surface area contributed by atoms with Crippen LogP contribution in [0.1, 0.15) is 11.1 Å². The summed E-state index contributed by atoms with van der Waals surface area (Å²) in [4.78, 5) is 4.05. The fourth-order valence-corrected chi connectivity index (χ4v) is 1.80. The number of hydrogen-bond donors (Lipinski definition) is 1. The molecular weight excluding hydrogens is 243 g/mol. The van der Waals surface area contributed by atoms with Crippen molar-refractivity contribution in [3.05, 3.63) is 59.7 Å². The predicted octanol–water partition coefficient (Wildman–Crippen LogP) is 2.56. The van der Waals surface area contributed by atoms with E-state index in [4.69, 9.17) is 4.74 Å². The molecule has 0 atom stereocenters. The minimum atomic E-state index is -0.242. The summed E-state index contributed by atoms with van der Waals surface area (Å²) in [7, 11) is 1.53. The summed E-state index contributed by atoms with van der Waals surface area (Å²) >= 11 is 0. The summed E-state index contributed by atoms with van der Waals surface area (Å²) in [6.45, 7) is 1.30. The average Bonchev–Trinajstić information content (AvgIpc) is 2.46. The molecule has 4 heteroatoms. The van der Waals surface area contributed by atoms with Crippen LogP contribution in [0.25, 0.3) is 0 Å². The van der Waals surface area contributed by atoms with E-state index in [1.165, 1.54) is 18.7 Å². The van der Waals surface area contributed by atoms with E-state index in [1.807, 2.05) is 18.3 Å². The van der Waals surface area contributed by atoms with Crippen LogP contribution in [0.5, 0.6) is 5.75 Å². The molecule has 0 amide bonds. The van der Waals surface area contributed by atoms with Crippen molar-refractivity contribution < 1.29 is 9.13 Å². The number of rotatable bonds is 6. The van der Waals surface area contributed by atoms with E-state index in [9.17, 15) is 4.39 Å². The Morgan fingerprint density at radius 3 is 2.89 bits per heavy atom. The molecule has 0 aliphatic heterocycles. The second-order valence-corrected chi connectivity index (χ2v) is 4.25. The fourth-order valence-electron chi connectivity index (χ4n) is 1.80. The minimum Gasteiger partial charge on any atom is -0.497 e. The van der Waals surface area contributed by atoms with Crippen LogP contribution in [-0.2, 0) is 13.0 Å². The predicted molar refractivity (Wildman–Crippen MR) is 72.6 cm³/mol. The van der Waals surface area contributed by atoms with Crippen LogP contribution >= 0.6 is 0 Å². The second kappa shape index (κ2) is 6.85. The van der Waals surface area contributed by atoms with Crippen molar-refractivity contribution in [3.8, 4) is 5.75 Å². The Kier molecular flexibility index (Phi) is 4.86. The highest BCUT2D eigenvalue weighted by Gasteiger charge is 2.03. The van der Waals surface area contributed by atoms with Gasteiger partial charge in [-0.15, -0.1) is 0 Å². The van der Waals surface area contributed by atoms with E-state index < -0.39 is 0 Å². The maximum Gasteiger partial charge on any atom is 0.131 e. The second-order valence-electron chi connectivity index (χ2n) is 4.25. The van der Waals surface area contributed by atoms with Gasteiger partial charge in [0.1, 0.15) is 11.6 Å². The van der Waals surface area contributed by atoms with Crippen LogP contribution in [0, 0.1) is 5.82 Å². The minimum absolute atomic E-state index is 0.242. The first-order valence-electron chi connectivity index (χ1n) is 6.21. The molecule has 0 saturated carbocycles. The van der Waals surface area contributed by atoms with Gasteiger partial charge in [-0.25, -0.2) is 4.39 Å². The van der Waals surface area contributed by atoms with Crippen molar-refractivity contribution >= 4 is 0 Å². The average molecular weight is 260 g/mol. The summed E-state index contributed by atoms with van der Waals surface area (Å²) in [6, 6.07) is 8.85. The molecule has 0 aliphatic carbocycles. The van der Waals surface area contributed by atoms with E-state index in [0.29, 0.717) is 17.9 Å². The van der Waals surface area contributed by atoms with Gasteiger partial charge >= 0.3 is 0 Å². The van der Waals surface area contributed by atoms with Crippen LogP contribution in [-0.4, -0.2) is 18.6 Å². The molecule has 3 nitrogen and oxygen atoms in total. The first kappa shape index (κ1) is 13.5. The smallest absolute Gasteiger partial charge is 0.131 e. The van der Waals surface area contributed by atoms with Gasteiger partial charge in [0, 0.05) is 30.6 Å². The van der Waals surface area contributed by atoms with Crippen molar-refractivity contribution in [1.29, 1.82) is 0 Å². The highest BCUT2D eigenvalue weighted by atomic mass is 19.1. The third-order valence-corrected chi connectivity index (χ3v) is 2.89. The number of benzene rings is 1. The lowest BCUT2D eigenvalue weighted by molar-refractivity contribution is 0.410. The highest BCUT2D eigenvalue weighted by Crippen LogP contribution is 2.15. The molecule has 0 aliphatic rings. The molecule has 0 bridgehead atoms. The Labute approximate surface area is 112 Å². The standard InChI is InChI=1S/C15H17FN2O/c1-19-14-5-4-13(15(16)9-14)11-18-8-6-12-3-2-7-17-10-12/h2-5,7,9-10,18H,6,8,11H2,1H3. The van der Waals surface area contributed by atoms with Crippen molar-refractivity contribution in [2.45, 2.75) is 13.0 Å². The number of pyridine rings is 1. The first-order chi connectivity index (χ1) is 9.29. The quantitative estimate of drug-likeness (QED) is 0.811. The molecule has 1 heterocycles. The molecule has 1 aromatic carbocycles. The monoisotopic (exact) mass is 260 g/mol. The maximum atomic E-state index is 13.7. The third-order valence-electron chi connectivity index (χ3n) is 2.89. The van der Waals surface area contributed by atoms with E-state index in [2.05, 4.69) is 10.3 Å². The topological polar surface area (TPSA) is 34.1 Å². The van der Waals surface area contributed by atoms with Gasteiger partial charge in [-0.05, 0) is 30.7 Å². The lowest BCUT2D eigenvalue weighted by Gasteiger charge is -2.07. The molecule has 19 heavy (non-hydrogen) atoms. The van der Waals surface area contributed by atoms with Crippen LogP contribution in [0.15, 0.2) is 42.7 Å². The van der Waals surface area contributed by atoms with Gasteiger partial charge < -0.3 is 10.1 Å². The molecule has 2 rings (SSSR count). The molecule has 0 saturated heterocycles. The zero-order valence-electron chi connectivity index (χ0n) is 10.9. The molecular formula is C15H17FN2O. The SMILES string of the molecule is COc1ccc(CNCCc2cccnc2)c(F)c1. The molecule has 100 valence electrons. The zero-order valence-corrected chi connectivity index (χ0v) is 10.9. The molecule has 2 aromatic rings. The first-order valence-corrected chi connectivity index (χ1v) is 6.21. The summed E-state index contributed by atoms with van der Waals surface area (Å²) < 4.78 is 18.6. The Morgan fingerprint density at radius 1 is 1.32 bits per heavy atom. The Bertz CT molecular complexity index is 517. The summed E-state index contributed by atoms with van der Waals surface area (Å²) in [5.74, 6) is 0.296. The Hall–Kier alpha value is -1.94. The number of nitrogens with zero attached hydrogens (tertiary/aromatic N) is 1. The van der Waals surface area contributed by atoms with Gasteiger partial charge in [0.25, 0.3) is 0 Å². The van der Waals surface area contributed by atoms with Crippen LogP contribution < -0.4 is 10.1 Å². The van der Waals surface area contributed by atoms with Gasteiger partial charge in [0.2, 0.25) is 0 Å². The van der Waals surface area contributed by atoms with Crippen LogP contribution in [0.2, 0.25) is 0 Å². The van der Waals surface area contributed by atoms with Crippen LogP contribution in [0.3, 0.4) is 0 Å². The van der Waals surface area contributed by atoms with E-state index in [1.54, 1.807) is 18.3 Å². The maximum absolute atomic E-state index is 13.7. The van der Waals surface area contributed by atoms with Crippen molar-refractivity contribution in [1.82, 2.24) is 10.3 Å². The zero-order chi connectivity index (χ0) is 13.5. The third kappa shape index (κ3) is 4.03. The van der Waals surface area contributed by atoms with Gasteiger partial charge in [-0.2, -0.15) is 0 Å². The van der Waals surface area contributed by atoms with Crippen molar-refractivity contribution in [3.63, 3.8) is 0 Å². The van der Waals surface area contributed by atoms with E-state index >= 15 is 0 Å². The van der Waals surface area contributed by atoms with E-state index in [-0.39, 0.29) is 5.82 Å². The molecule has 0 radical (unpaired) electrons. The largest absolute Gasteiger partial charge is 0.497 e. The number of hydrogen-bond acceptors (Lipinski definition) is 3. The van der Waals surface area contributed by atoms with Gasteiger partial charge in [-0.1, -0.05) is 12.1 Å². The number of methoxy groups -OCH3 is 1. The van der Waals surface area contributed by atoms with Gasteiger partial charge in [-0.3, -0.25) is 4.98 Å². The molecule has 0 fully saturated rings. The lowest BCUT2D eigenvalue weighted by Crippen LogP contribution is -2.17. The number of ether oxygens (including phenoxy) is 1. The molecule has 0 unspecified atom stereocenters. The summed E-state index contributed by atoms with van der Waals surface area (Å²) in [5, 5.41) is 3.22. The Balaban J connectivity index is 1.80. The summed E-state index contributed by atoms with van der Waals surface area (Å²) in [6.07, 6.45) is 4.48. The van der Waals surface area contributed by atoms with Crippen molar-refractivity contribution in [2.24, 2.45) is 0 Å². The Morgan fingerprint density at radius 2 is 2.21 bits per heavy atom.